The molecule has 2 saturated heterocycles. The van der Waals surface area contributed by atoms with Gasteiger partial charge in [0.2, 0.25) is 11.6 Å². The molecule has 0 aromatic rings. The third kappa shape index (κ3) is 1.48. The number of fused-ring (bicyclic) bond motifs is 4. The predicted octanol–water partition coefficient (Wildman–Crippen LogP) is -0.367. The molecule has 0 bridgehead atoms. The molecule has 7 nitrogen and oxygen atoms in total. The Labute approximate surface area is 140 Å². The van der Waals surface area contributed by atoms with Crippen LogP contribution in [0, 0.1) is 0 Å². The van der Waals surface area contributed by atoms with Gasteiger partial charge in [0.15, 0.2) is 12.0 Å². The number of rotatable bonds is 2. The second kappa shape index (κ2) is 4.36. The van der Waals surface area contributed by atoms with Gasteiger partial charge < -0.3 is 20.5 Å². The number of Topliss-reactive ketones (excluding diaryl/α,β-unsaturated/α-hetero) is 2. The van der Waals surface area contributed by atoms with E-state index in [4.69, 9.17) is 10.5 Å². The number of piperazine rings is 1. The number of aliphatic hydroxyl groups is 1. The van der Waals surface area contributed by atoms with Crippen LogP contribution in [0.3, 0.4) is 0 Å². The molecule has 1 aliphatic carbocycles. The van der Waals surface area contributed by atoms with Gasteiger partial charge in [-0.3, -0.25) is 14.5 Å². The van der Waals surface area contributed by atoms with Crippen LogP contribution in [0.5, 0.6) is 0 Å². The zero-order chi connectivity index (χ0) is 17.7. The molecule has 2 fully saturated rings. The van der Waals surface area contributed by atoms with Crippen LogP contribution in [0.4, 0.5) is 0 Å². The molecule has 0 aromatic carbocycles. The largest absolute Gasteiger partial charge is 0.395 e. The highest BCUT2D eigenvalue weighted by Crippen LogP contribution is 2.59. The minimum absolute atomic E-state index is 0.0466. The first kappa shape index (κ1) is 15.6. The molecule has 0 radical (unpaired) electrons. The molecule has 4 rings (SSSR count). The molecule has 1 unspecified atom stereocenters. The fourth-order valence-electron chi connectivity index (χ4n) is 4.29. The Morgan fingerprint density at radius 2 is 1.96 bits per heavy atom. The van der Waals surface area contributed by atoms with Crippen molar-refractivity contribution in [3.8, 4) is 0 Å². The molecule has 0 saturated carbocycles. The summed E-state index contributed by atoms with van der Waals surface area (Å²) < 4.78 is 6.00. The maximum absolute atomic E-state index is 12.8. The lowest BCUT2D eigenvalue weighted by Crippen LogP contribution is -2.53. The number of likely N-dealkylation sites (N-methyl/N-ethyl adjacent to an activating group) is 1. The lowest BCUT2D eigenvalue weighted by molar-refractivity contribution is -0.152. The Morgan fingerprint density at radius 1 is 1.33 bits per heavy atom. The Balaban J connectivity index is 1.88. The van der Waals surface area contributed by atoms with E-state index < -0.39 is 17.7 Å². The Morgan fingerprint density at radius 3 is 2.54 bits per heavy atom. The molecule has 128 valence electrons. The van der Waals surface area contributed by atoms with Crippen molar-refractivity contribution in [3.05, 3.63) is 34.7 Å². The number of allylic oxidation sites excluding steroid dienone is 2. The van der Waals surface area contributed by atoms with Crippen LogP contribution < -0.4 is 5.73 Å². The maximum Gasteiger partial charge on any atom is 0.211 e. The highest BCUT2D eigenvalue weighted by atomic mass is 16.5. The van der Waals surface area contributed by atoms with Crippen LogP contribution in [-0.2, 0) is 14.3 Å². The number of nitrogens with two attached hydrogens (primary N) is 1. The summed E-state index contributed by atoms with van der Waals surface area (Å²) in [4.78, 5) is 29.0. The van der Waals surface area contributed by atoms with Gasteiger partial charge in [-0.2, -0.15) is 0 Å². The van der Waals surface area contributed by atoms with Crippen molar-refractivity contribution in [2.75, 3.05) is 7.05 Å². The SMILES string of the molecule is C=C1C2=C(C(=O)C(C)=C(N)C2=O)N2[C@@H](OC(C)C)[C@H]3[C@H](N3C)[C@]12O. The van der Waals surface area contributed by atoms with Crippen LogP contribution in [0.25, 0.3) is 0 Å². The van der Waals surface area contributed by atoms with E-state index in [-0.39, 0.29) is 52.1 Å². The first-order valence-electron chi connectivity index (χ1n) is 8.02. The van der Waals surface area contributed by atoms with Gasteiger partial charge in [0.25, 0.3) is 0 Å². The standard InChI is InChI=1S/C17H21N3O4/c1-6(2)24-16-12-15(19(12)5)17(23)8(4)9-11(20(16)17)13(21)7(3)10(18)14(9)22/h6,12,15-16,23H,4,18H2,1-3,5H3/t12-,15+,16+,17-,19?/m1/s1. The molecule has 24 heavy (non-hydrogen) atoms. The number of hydrogen-bond acceptors (Lipinski definition) is 7. The second-order valence-electron chi connectivity index (χ2n) is 7.17. The van der Waals surface area contributed by atoms with Gasteiger partial charge in [0.05, 0.1) is 29.5 Å². The van der Waals surface area contributed by atoms with Gasteiger partial charge in [0, 0.05) is 11.1 Å². The molecule has 7 heteroatoms. The van der Waals surface area contributed by atoms with E-state index >= 15 is 0 Å². The molecule has 3 heterocycles. The molecule has 5 atom stereocenters. The first-order chi connectivity index (χ1) is 11.1. The highest BCUT2D eigenvalue weighted by Gasteiger charge is 2.76. The Hall–Kier alpha value is -1.96. The zero-order valence-electron chi connectivity index (χ0n) is 14.2. The van der Waals surface area contributed by atoms with E-state index in [2.05, 4.69) is 6.58 Å². The van der Waals surface area contributed by atoms with E-state index in [1.54, 1.807) is 4.90 Å². The molecule has 0 aromatic heterocycles. The van der Waals surface area contributed by atoms with Crippen LogP contribution in [0.1, 0.15) is 20.8 Å². The van der Waals surface area contributed by atoms with E-state index in [1.165, 1.54) is 6.92 Å². The molecular weight excluding hydrogens is 310 g/mol. The van der Waals surface area contributed by atoms with Gasteiger partial charge >= 0.3 is 0 Å². The van der Waals surface area contributed by atoms with Gasteiger partial charge in [-0.1, -0.05) is 6.58 Å². The van der Waals surface area contributed by atoms with Crippen LogP contribution >= 0.6 is 0 Å². The van der Waals surface area contributed by atoms with Crippen molar-refractivity contribution >= 4 is 11.6 Å². The number of ether oxygens (including phenoxy) is 1. The van der Waals surface area contributed by atoms with E-state index in [1.807, 2.05) is 25.8 Å². The summed E-state index contributed by atoms with van der Waals surface area (Å²) in [5, 5.41) is 11.4. The third-order valence-electron chi connectivity index (χ3n) is 5.54. The third-order valence-corrected chi connectivity index (χ3v) is 5.54. The maximum atomic E-state index is 12.8. The van der Waals surface area contributed by atoms with Crippen molar-refractivity contribution in [1.82, 2.24) is 9.80 Å². The van der Waals surface area contributed by atoms with Gasteiger partial charge in [-0.25, -0.2) is 0 Å². The summed E-state index contributed by atoms with van der Waals surface area (Å²) in [6.45, 7) is 9.26. The summed E-state index contributed by atoms with van der Waals surface area (Å²) in [7, 11) is 1.88. The summed E-state index contributed by atoms with van der Waals surface area (Å²) >= 11 is 0. The molecule has 0 spiro atoms. The Kier molecular flexibility index (Phi) is 2.82. The number of ketones is 2. The van der Waals surface area contributed by atoms with Crippen LogP contribution in [0.2, 0.25) is 0 Å². The van der Waals surface area contributed by atoms with Gasteiger partial charge in [-0.15, -0.1) is 0 Å². The Bertz CT molecular complexity index is 781. The summed E-state index contributed by atoms with van der Waals surface area (Å²) in [6, 6.07) is -0.309. The van der Waals surface area contributed by atoms with Crippen molar-refractivity contribution < 1.29 is 19.4 Å². The normalized spacial score (nSPS) is 40.6. The van der Waals surface area contributed by atoms with E-state index in [9.17, 15) is 14.7 Å². The monoisotopic (exact) mass is 331 g/mol. The van der Waals surface area contributed by atoms with Crippen molar-refractivity contribution in [2.24, 2.45) is 5.73 Å². The molecule has 3 aliphatic heterocycles. The first-order valence-corrected chi connectivity index (χ1v) is 8.02. The van der Waals surface area contributed by atoms with Crippen molar-refractivity contribution in [3.63, 3.8) is 0 Å². The average molecular weight is 331 g/mol. The van der Waals surface area contributed by atoms with E-state index in [0.29, 0.717) is 0 Å². The smallest absolute Gasteiger partial charge is 0.211 e. The minimum Gasteiger partial charge on any atom is -0.395 e. The molecule has 0 amide bonds. The topological polar surface area (TPSA) is 95.9 Å². The van der Waals surface area contributed by atoms with E-state index in [0.717, 1.165) is 0 Å². The van der Waals surface area contributed by atoms with Gasteiger partial charge in [-0.05, 0) is 27.8 Å². The highest BCUT2D eigenvalue weighted by molar-refractivity contribution is 6.27. The van der Waals surface area contributed by atoms with Crippen LogP contribution in [0.15, 0.2) is 34.7 Å². The number of carbonyl (C=O) groups excluding carboxylic acids is 2. The number of hydrogen-bond donors (Lipinski definition) is 2. The quantitative estimate of drug-likeness (QED) is 0.526. The lowest BCUT2D eigenvalue weighted by atomic mass is 9.87. The minimum atomic E-state index is -1.51. The summed E-state index contributed by atoms with van der Waals surface area (Å²) in [6.07, 6.45) is -0.612. The lowest BCUT2D eigenvalue weighted by Gasteiger charge is -2.39. The fraction of sp³-hybridized carbons (Fsp3) is 0.529. The van der Waals surface area contributed by atoms with Gasteiger partial charge in [0.1, 0.15) is 5.70 Å². The van der Waals surface area contributed by atoms with Crippen LogP contribution in [-0.4, -0.2) is 63.7 Å². The molecule has 3 N–H and O–H groups in total. The second-order valence-corrected chi connectivity index (χ2v) is 7.17. The van der Waals surface area contributed by atoms with Crippen molar-refractivity contribution in [1.29, 1.82) is 0 Å². The zero-order valence-corrected chi connectivity index (χ0v) is 14.2. The van der Waals surface area contributed by atoms with Crippen molar-refractivity contribution in [2.45, 2.75) is 50.9 Å². The fourth-order valence-corrected chi connectivity index (χ4v) is 4.29. The number of nitrogens with zero attached hydrogens (tertiary/aromatic N) is 2. The predicted molar refractivity (Wildman–Crippen MR) is 85.2 cm³/mol. The number of carbonyl (C=O) groups is 2. The molecular formula is C17H21N3O4. The summed E-state index contributed by atoms with van der Waals surface area (Å²) in [5.74, 6) is -0.793. The summed E-state index contributed by atoms with van der Waals surface area (Å²) in [5.41, 5.74) is 4.95. The average Bonchev–Trinajstić information content (AvgIpc) is 3.03. The molecule has 4 aliphatic rings.